The highest BCUT2D eigenvalue weighted by molar-refractivity contribution is 8.00. The van der Waals surface area contributed by atoms with E-state index in [2.05, 4.69) is 10.2 Å². The number of benzene rings is 3. The maximum absolute atomic E-state index is 13.4. The first kappa shape index (κ1) is 25.9. The van der Waals surface area contributed by atoms with Gasteiger partial charge in [-0.1, -0.05) is 65.1 Å². The fraction of sp³-hybridized carbons (Fsp3) is 0.172. The highest BCUT2D eigenvalue weighted by atomic mass is 32.2. The van der Waals surface area contributed by atoms with Crippen LogP contribution in [0.3, 0.4) is 0 Å². The van der Waals surface area contributed by atoms with Crippen LogP contribution in [0.5, 0.6) is 17.2 Å². The van der Waals surface area contributed by atoms with Crippen LogP contribution in [0.15, 0.2) is 76.6 Å². The van der Waals surface area contributed by atoms with Crippen molar-refractivity contribution in [3.63, 3.8) is 0 Å². The molecule has 3 heterocycles. The fourth-order valence-electron chi connectivity index (χ4n) is 4.57. The Hall–Kier alpha value is -4.35. The number of carbonyl (C=O) groups is 2. The number of phenolic OH excluding ortho intramolecular Hbond substituents is 1. The molecule has 2 N–H and O–H groups in total. The summed E-state index contributed by atoms with van der Waals surface area (Å²) in [6, 6.07) is 18.2. The van der Waals surface area contributed by atoms with E-state index in [1.807, 2.05) is 31.2 Å². The number of aryl methyl sites for hydroxylation is 1. The Morgan fingerprint density at radius 2 is 1.80 bits per heavy atom. The first-order chi connectivity index (χ1) is 19.4. The number of carbonyl (C=O) groups excluding carboxylic acids is 2. The van der Waals surface area contributed by atoms with Crippen molar-refractivity contribution in [2.24, 2.45) is 0 Å². The Morgan fingerprint density at radius 3 is 2.58 bits per heavy atom. The van der Waals surface area contributed by atoms with Gasteiger partial charge in [-0.3, -0.25) is 14.5 Å². The summed E-state index contributed by atoms with van der Waals surface area (Å²) in [4.78, 5) is 28.1. The number of hydrogen-bond acceptors (Lipinski definition) is 10. The molecular weight excluding hydrogens is 550 g/mol. The lowest BCUT2D eigenvalue weighted by atomic mass is 9.95. The number of aliphatic hydroxyl groups is 1. The number of anilines is 1. The third kappa shape index (κ3) is 4.89. The van der Waals surface area contributed by atoms with E-state index in [-0.39, 0.29) is 22.2 Å². The van der Waals surface area contributed by atoms with Crippen molar-refractivity contribution in [1.29, 1.82) is 0 Å². The van der Waals surface area contributed by atoms with Gasteiger partial charge in [-0.05, 0) is 48.4 Å². The van der Waals surface area contributed by atoms with Gasteiger partial charge in [0, 0.05) is 11.3 Å². The van der Waals surface area contributed by atoms with Gasteiger partial charge < -0.3 is 19.7 Å². The summed E-state index contributed by atoms with van der Waals surface area (Å²) in [5, 5.41) is 30.3. The molecular formula is C29H23N3O6S2. The predicted octanol–water partition coefficient (Wildman–Crippen LogP) is 5.24. The van der Waals surface area contributed by atoms with Crippen LogP contribution in [0.1, 0.15) is 28.3 Å². The lowest BCUT2D eigenvalue weighted by molar-refractivity contribution is -0.132. The SMILES string of the molecule is Cc1ccc(CSc2nnc(N3C(=O)C(=O)C(=C(O)c4ccc5c(c4)OCCO5)C3c3cccc(O)c3)s2)cc1. The Labute approximate surface area is 237 Å². The molecule has 0 bridgehead atoms. The van der Waals surface area contributed by atoms with Crippen molar-refractivity contribution in [3.8, 4) is 17.2 Å². The second-order valence-electron chi connectivity index (χ2n) is 9.25. The van der Waals surface area contributed by atoms with Gasteiger partial charge in [0.15, 0.2) is 15.8 Å². The molecule has 202 valence electrons. The standard InChI is InChI=1S/C29H23N3O6S2/c1-16-5-7-17(8-6-16)15-39-29-31-30-28(40-29)32-24(18-3-2-4-20(33)13-18)23(26(35)27(32)36)25(34)19-9-10-21-22(14-19)38-12-11-37-21/h2-10,13-14,24,33-34H,11-12,15H2,1H3. The van der Waals surface area contributed by atoms with Crippen LogP contribution >= 0.6 is 23.1 Å². The number of aliphatic hydroxyl groups excluding tert-OH is 1. The molecule has 3 aromatic carbocycles. The first-order valence-corrected chi connectivity index (χ1v) is 14.2. The van der Waals surface area contributed by atoms with Crippen LogP contribution in [0.4, 0.5) is 5.13 Å². The molecule has 40 heavy (non-hydrogen) atoms. The van der Waals surface area contributed by atoms with Crippen molar-refractivity contribution < 1.29 is 29.3 Å². The minimum Gasteiger partial charge on any atom is -0.508 e. The van der Waals surface area contributed by atoms with Crippen molar-refractivity contribution >= 4 is 45.7 Å². The number of amides is 1. The second kappa shape index (κ2) is 10.7. The van der Waals surface area contributed by atoms with E-state index < -0.39 is 17.7 Å². The summed E-state index contributed by atoms with van der Waals surface area (Å²) in [6.45, 7) is 2.79. The highest BCUT2D eigenvalue weighted by Gasteiger charge is 2.48. The van der Waals surface area contributed by atoms with Crippen LogP contribution in [-0.2, 0) is 15.3 Å². The molecule has 11 heteroatoms. The van der Waals surface area contributed by atoms with E-state index in [1.54, 1.807) is 30.3 Å². The highest BCUT2D eigenvalue weighted by Crippen LogP contribution is 2.45. The Balaban J connectivity index is 1.38. The molecule has 1 aromatic heterocycles. The smallest absolute Gasteiger partial charge is 0.301 e. The van der Waals surface area contributed by atoms with Gasteiger partial charge in [-0.25, -0.2) is 0 Å². The molecule has 1 amide bonds. The summed E-state index contributed by atoms with van der Waals surface area (Å²) >= 11 is 2.65. The number of fused-ring (bicyclic) bond motifs is 1. The molecule has 1 saturated heterocycles. The largest absolute Gasteiger partial charge is 0.508 e. The Morgan fingerprint density at radius 1 is 1.02 bits per heavy atom. The number of rotatable bonds is 6. The summed E-state index contributed by atoms with van der Waals surface area (Å²) in [5.41, 5.74) is 2.88. The van der Waals surface area contributed by atoms with Crippen molar-refractivity contribution in [3.05, 3.63) is 94.6 Å². The van der Waals surface area contributed by atoms with E-state index in [1.165, 1.54) is 45.7 Å². The summed E-state index contributed by atoms with van der Waals surface area (Å²) in [5.74, 6) is -0.523. The van der Waals surface area contributed by atoms with Gasteiger partial charge in [0.25, 0.3) is 5.78 Å². The lowest BCUT2D eigenvalue weighted by Crippen LogP contribution is -2.29. The number of nitrogens with zero attached hydrogens (tertiary/aromatic N) is 3. The number of ether oxygens (including phenoxy) is 2. The number of hydrogen-bond donors (Lipinski definition) is 2. The first-order valence-electron chi connectivity index (χ1n) is 12.4. The number of aromatic nitrogens is 2. The van der Waals surface area contributed by atoms with Crippen LogP contribution < -0.4 is 14.4 Å². The van der Waals surface area contributed by atoms with Gasteiger partial charge in [0.2, 0.25) is 5.13 Å². The van der Waals surface area contributed by atoms with Crippen molar-refractivity contribution in [1.82, 2.24) is 10.2 Å². The van der Waals surface area contributed by atoms with E-state index in [4.69, 9.17) is 9.47 Å². The molecule has 0 radical (unpaired) electrons. The van der Waals surface area contributed by atoms with E-state index in [0.717, 1.165) is 5.56 Å². The molecule has 2 aliphatic rings. The molecule has 1 unspecified atom stereocenters. The van der Waals surface area contributed by atoms with Gasteiger partial charge in [0.1, 0.15) is 24.7 Å². The van der Waals surface area contributed by atoms with Crippen molar-refractivity contribution in [2.45, 2.75) is 23.1 Å². The number of phenols is 1. The minimum absolute atomic E-state index is 0.0472. The van der Waals surface area contributed by atoms with Gasteiger partial charge in [-0.2, -0.15) is 0 Å². The molecule has 0 spiro atoms. The lowest BCUT2D eigenvalue weighted by Gasteiger charge is -2.23. The third-order valence-corrected chi connectivity index (χ3v) is 8.66. The summed E-state index contributed by atoms with van der Waals surface area (Å²) in [6.07, 6.45) is 0. The average Bonchev–Trinajstić information content (AvgIpc) is 3.54. The molecule has 1 fully saturated rings. The molecule has 6 rings (SSSR count). The predicted molar refractivity (Wildman–Crippen MR) is 151 cm³/mol. The van der Waals surface area contributed by atoms with Crippen LogP contribution in [0.2, 0.25) is 0 Å². The number of Topliss-reactive ketones (excluding diaryl/α,β-unsaturated/α-hetero) is 1. The van der Waals surface area contributed by atoms with Gasteiger partial charge in [-0.15, -0.1) is 10.2 Å². The van der Waals surface area contributed by atoms with E-state index in [0.29, 0.717) is 45.9 Å². The molecule has 4 aromatic rings. The molecule has 2 aliphatic heterocycles. The van der Waals surface area contributed by atoms with Gasteiger partial charge >= 0.3 is 5.91 Å². The van der Waals surface area contributed by atoms with E-state index >= 15 is 0 Å². The minimum atomic E-state index is -1.04. The maximum atomic E-state index is 13.4. The zero-order chi connectivity index (χ0) is 27.8. The Bertz CT molecular complexity index is 1650. The van der Waals surface area contributed by atoms with Crippen LogP contribution in [0, 0.1) is 6.92 Å². The normalized spacial score (nSPS) is 17.8. The zero-order valence-corrected chi connectivity index (χ0v) is 22.9. The number of ketones is 1. The van der Waals surface area contributed by atoms with Crippen LogP contribution in [0.25, 0.3) is 5.76 Å². The topological polar surface area (TPSA) is 122 Å². The molecule has 9 nitrogen and oxygen atoms in total. The average molecular weight is 574 g/mol. The summed E-state index contributed by atoms with van der Waals surface area (Å²) in [7, 11) is 0. The van der Waals surface area contributed by atoms with E-state index in [9.17, 15) is 19.8 Å². The van der Waals surface area contributed by atoms with Gasteiger partial charge in [0.05, 0.1) is 11.6 Å². The molecule has 0 saturated carbocycles. The van der Waals surface area contributed by atoms with Crippen molar-refractivity contribution in [2.75, 3.05) is 18.1 Å². The number of aromatic hydroxyl groups is 1. The summed E-state index contributed by atoms with van der Waals surface area (Å²) < 4.78 is 11.8. The Kier molecular flexibility index (Phi) is 6.91. The molecule has 0 aliphatic carbocycles. The fourth-order valence-corrected chi connectivity index (χ4v) is 6.40. The zero-order valence-electron chi connectivity index (χ0n) is 21.2. The second-order valence-corrected chi connectivity index (χ2v) is 11.4. The number of thioether (sulfide) groups is 1. The maximum Gasteiger partial charge on any atom is 0.301 e. The van der Waals surface area contributed by atoms with Crippen LogP contribution in [-0.4, -0.2) is 45.3 Å². The third-order valence-electron chi connectivity index (χ3n) is 6.53. The monoisotopic (exact) mass is 573 g/mol. The molecule has 1 atom stereocenters. The quantitative estimate of drug-likeness (QED) is 0.105.